The van der Waals surface area contributed by atoms with Gasteiger partial charge in [0.15, 0.2) is 15.1 Å². The first-order valence-electron chi connectivity index (χ1n) is 10.6. The van der Waals surface area contributed by atoms with Crippen LogP contribution in [-0.2, 0) is 16.4 Å². The zero-order valence-electron chi connectivity index (χ0n) is 18.8. The Balaban J connectivity index is 1.87. The number of aliphatic hydroxyl groups is 1. The van der Waals surface area contributed by atoms with Gasteiger partial charge in [-0.05, 0) is 61.4 Å². The number of rotatable bonds is 5. The highest BCUT2D eigenvalue weighted by molar-refractivity contribution is 7.95. The van der Waals surface area contributed by atoms with Gasteiger partial charge < -0.3 is 14.8 Å². The molecule has 0 fully saturated rings. The molecular formula is C24H23F3N2O5S. The lowest BCUT2D eigenvalue weighted by atomic mass is 9.92. The van der Waals surface area contributed by atoms with E-state index in [4.69, 9.17) is 4.74 Å². The van der Waals surface area contributed by atoms with E-state index in [1.807, 2.05) is 0 Å². The molecule has 1 aliphatic heterocycles. The minimum atomic E-state index is -4.93. The van der Waals surface area contributed by atoms with Gasteiger partial charge in [0.05, 0.1) is 6.61 Å². The first-order valence-corrected chi connectivity index (χ1v) is 12.2. The van der Waals surface area contributed by atoms with E-state index in [0.29, 0.717) is 46.5 Å². The fourth-order valence-corrected chi connectivity index (χ4v) is 5.28. The summed E-state index contributed by atoms with van der Waals surface area (Å²) in [4.78, 5) is 2.50. The van der Waals surface area contributed by atoms with Gasteiger partial charge in [0.25, 0.3) is 0 Å². The summed E-state index contributed by atoms with van der Waals surface area (Å²) in [6.45, 7) is 2.03. The Bertz CT molecular complexity index is 1380. The zero-order chi connectivity index (χ0) is 25.5. The molecule has 2 aliphatic rings. The van der Waals surface area contributed by atoms with Crippen LogP contribution in [0.25, 0.3) is 5.57 Å². The lowest BCUT2D eigenvalue weighted by Crippen LogP contribution is -2.35. The van der Waals surface area contributed by atoms with Crippen molar-refractivity contribution in [3.05, 3.63) is 87.8 Å². The van der Waals surface area contributed by atoms with E-state index in [1.165, 1.54) is 6.08 Å². The number of H-pyrrole nitrogens is 1. The van der Waals surface area contributed by atoms with Crippen LogP contribution >= 0.6 is 0 Å². The molecule has 1 aliphatic carbocycles. The SMILES string of the molecule is CC1=CC(=C2CC(S(=O)(=O)C(C)C(F)(F)F)=CC=C2Oc2cccc(CO)c2)c2cc[nH]c2N1O. The fourth-order valence-electron chi connectivity index (χ4n) is 3.87. The number of aliphatic hydroxyl groups excluding tert-OH is 1. The number of aromatic nitrogens is 1. The van der Waals surface area contributed by atoms with E-state index >= 15 is 0 Å². The van der Waals surface area contributed by atoms with Crippen LogP contribution < -0.4 is 9.80 Å². The van der Waals surface area contributed by atoms with E-state index in [9.17, 15) is 31.9 Å². The van der Waals surface area contributed by atoms with Crippen molar-refractivity contribution in [2.24, 2.45) is 0 Å². The lowest BCUT2D eigenvalue weighted by Gasteiger charge is -2.28. The third-order valence-corrected chi connectivity index (χ3v) is 8.12. The average Bonchev–Trinajstić information content (AvgIpc) is 3.31. The third kappa shape index (κ3) is 4.66. The standard InChI is InChI=1S/C24H23F3N2O5S/c1-14-10-20(19-8-9-28-23(19)29(14)31)21-12-18(35(32,33)15(2)24(25,26)27)6-7-22(21)34-17-5-3-4-16(11-17)13-30/h3-11,15,28,30-31H,12-13H2,1-2H3. The maximum Gasteiger partial charge on any atom is 0.405 e. The van der Waals surface area contributed by atoms with Crippen LogP contribution in [-0.4, -0.2) is 35.1 Å². The molecule has 1 unspecified atom stereocenters. The van der Waals surface area contributed by atoms with Gasteiger partial charge in [0, 0.05) is 34.4 Å². The topological polar surface area (TPSA) is 103 Å². The normalized spacial score (nSPS) is 19.5. The number of nitrogens with one attached hydrogen (secondary N) is 1. The number of nitrogens with zero attached hydrogens (tertiary/aromatic N) is 1. The van der Waals surface area contributed by atoms with Gasteiger partial charge in [-0.25, -0.2) is 13.5 Å². The second kappa shape index (κ2) is 9.06. The first kappa shape index (κ1) is 24.8. The fraction of sp³-hybridized carbons (Fsp3) is 0.250. The van der Waals surface area contributed by atoms with Crippen LogP contribution in [0, 0.1) is 0 Å². The molecule has 2 aromatic rings. The quantitative estimate of drug-likeness (QED) is 0.526. The number of fused-ring (bicyclic) bond motifs is 1. The highest BCUT2D eigenvalue weighted by Gasteiger charge is 2.47. The van der Waals surface area contributed by atoms with Crippen molar-refractivity contribution in [1.29, 1.82) is 0 Å². The van der Waals surface area contributed by atoms with Gasteiger partial charge in [-0.1, -0.05) is 12.1 Å². The van der Waals surface area contributed by atoms with Gasteiger partial charge in [-0.15, -0.1) is 0 Å². The second-order valence-corrected chi connectivity index (χ2v) is 10.5. The number of hydrogen-bond donors (Lipinski definition) is 3. The number of aromatic amines is 1. The lowest BCUT2D eigenvalue weighted by molar-refractivity contribution is -0.126. The van der Waals surface area contributed by atoms with E-state index < -0.39 is 26.2 Å². The number of hydrogen-bond acceptors (Lipinski definition) is 6. The van der Waals surface area contributed by atoms with Gasteiger partial charge in [-0.2, -0.15) is 13.2 Å². The molecule has 35 heavy (non-hydrogen) atoms. The summed E-state index contributed by atoms with van der Waals surface area (Å²) in [7, 11) is -4.71. The number of benzene rings is 1. The molecular weight excluding hydrogens is 485 g/mol. The Morgan fingerprint density at radius 1 is 1.23 bits per heavy atom. The molecule has 1 aromatic heterocycles. The summed E-state index contributed by atoms with van der Waals surface area (Å²) in [6, 6.07) is 8.28. The molecule has 2 heterocycles. The Kier molecular flexibility index (Phi) is 6.43. The van der Waals surface area contributed by atoms with Crippen molar-refractivity contribution in [3.63, 3.8) is 0 Å². The van der Waals surface area contributed by atoms with Crippen LogP contribution in [0.15, 0.2) is 76.7 Å². The monoisotopic (exact) mass is 508 g/mol. The molecule has 0 spiro atoms. The van der Waals surface area contributed by atoms with Gasteiger partial charge in [-0.3, -0.25) is 5.21 Å². The maximum absolute atomic E-state index is 13.3. The summed E-state index contributed by atoms with van der Waals surface area (Å²) in [6.07, 6.45) is 0.374. The molecule has 1 aromatic carbocycles. The Hall–Kier alpha value is -3.28. The van der Waals surface area contributed by atoms with Crippen LogP contribution in [0.4, 0.5) is 19.0 Å². The minimum absolute atomic E-state index is 0.219. The van der Waals surface area contributed by atoms with Crippen molar-refractivity contribution in [1.82, 2.24) is 4.98 Å². The molecule has 0 bridgehead atoms. The van der Waals surface area contributed by atoms with Crippen molar-refractivity contribution in [2.75, 3.05) is 5.06 Å². The number of hydroxylamine groups is 1. The van der Waals surface area contributed by atoms with E-state index in [2.05, 4.69) is 4.98 Å². The number of allylic oxidation sites excluding steroid dienone is 7. The van der Waals surface area contributed by atoms with E-state index in [0.717, 1.165) is 11.1 Å². The molecule has 11 heteroatoms. The Morgan fingerprint density at radius 2 is 1.97 bits per heavy atom. The van der Waals surface area contributed by atoms with Crippen LogP contribution in [0.1, 0.15) is 31.4 Å². The maximum atomic E-state index is 13.3. The van der Waals surface area contributed by atoms with Crippen LogP contribution in [0.2, 0.25) is 0 Å². The summed E-state index contributed by atoms with van der Waals surface area (Å²) in [5, 5.41) is 18.1. The molecule has 0 saturated heterocycles. The minimum Gasteiger partial charge on any atom is -0.457 e. The molecule has 7 nitrogen and oxygen atoms in total. The molecule has 1 atom stereocenters. The molecule has 0 amide bonds. The van der Waals surface area contributed by atoms with Crippen molar-refractivity contribution in [2.45, 2.75) is 38.3 Å². The number of sulfone groups is 1. The zero-order valence-corrected chi connectivity index (χ0v) is 19.6. The highest BCUT2D eigenvalue weighted by Crippen LogP contribution is 2.43. The van der Waals surface area contributed by atoms with Gasteiger partial charge in [0.1, 0.15) is 17.3 Å². The average molecular weight is 509 g/mol. The smallest absolute Gasteiger partial charge is 0.405 e. The summed E-state index contributed by atoms with van der Waals surface area (Å²) in [5.41, 5.74) is 2.35. The predicted molar refractivity (Wildman–Crippen MR) is 124 cm³/mol. The molecule has 186 valence electrons. The molecule has 3 N–H and O–H groups in total. The first-order chi connectivity index (χ1) is 16.4. The molecule has 4 rings (SSSR count). The van der Waals surface area contributed by atoms with Gasteiger partial charge in [0.2, 0.25) is 0 Å². The number of halogens is 3. The molecule has 0 radical (unpaired) electrons. The molecule has 0 saturated carbocycles. The van der Waals surface area contributed by atoms with Crippen molar-refractivity contribution in [3.8, 4) is 5.75 Å². The summed E-state index contributed by atoms with van der Waals surface area (Å²) in [5.74, 6) is 0.923. The number of anilines is 1. The van der Waals surface area contributed by atoms with Crippen molar-refractivity contribution < 1.29 is 36.6 Å². The predicted octanol–water partition coefficient (Wildman–Crippen LogP) is 4.99. The van der Waals surface area contributed by atoms with Crippen LogP contribution in [0.3, 0.4) is 0 Å². The van der Waals surface area contributed by atoms with Crippen molar-refractivity contribution >= 4 is 21.2 Å². The van der Waals surface area contributed by atoms with Crippen LogP contribution in [0.5, 0.6) is 5.75 Å². The summed E-state index contributed by atoms with van der Waals surface area (Å²) >= 11 is 0. The van der Waals surface area contributed by atoms with E-state index in [1.54, 1.807) is 49.5 Å². The highest BCUT2D eigenvalue weighted by atomic mass is 32.2. The number of alkyl halides is 3. The summed E-state index contributed by atoms with van der Waals surface area (Å²) < 4.78 is 71.6. The number of ether oxygens (including phenoxy) is 1. The largest absolute Gasteiger partial charge is 0.457 e. The Labute approximate surface area is 200 Å². The second-order valence-electron chi connectivity index (χ2n) is 8.21. The third-order valence-electron chi connectivity index (χ3n) is 5.91. The van der Waals surface area contributed by atoms with Gasteiger partial charge >= 0.3 is 6.18 Å². The van der Waals surface area contributed by atoms with E-state index in [-0.39, 0.29) is 18.8 Å². The Morgan fingerprint density at radius 3 is 2.66 bits per heavy atom.